The molecule has 0 bridgehead atoms. The Balaban J connectivity index is 1.70. The number of carbonyl (C=O) groups is 1. The molecule has 3 rings (SSSR count). The van der Waals surface area contributed by atoms with Gasteiger partial charge in [0, 0.05) is 5.39 Å². The Morgan fingerprint density at radius 2 is 1.71 bits per heavy atom. The molecule has 164 valence electrons. The number of aromatic nitrogens is 2. The van der Waals surface area contributed by atoms with Gasteiger partial charge in [0.05, 0.1) is 24.2 Å². The fraction of sp³-hybridized carbons (Fsp3) is 0.375. The van der Waals surface area contributed by atoms with Crippen molar-refractivity contribution >= 4 is 16.7 Å². The van der Waals surface area contributed by atoms with Crippen LogP contribution in [-0.4, -0.2) is 35.4 Å². The van der Waals surface area contributed by atoms with E-state index in [0.29, 0.717) is 24.2 Å². The molecule has 0 fully saturated rings. The summed E-state index contributed by atoms with van der Waals surface area (Å²) in [6.07, 6.45) is 0.673. The minimum Gasteiger partial charge on any atom is -0.497 e. The minimum absolute atomic E-state index is 0.136. The monoisotopic (exact) mass is 423 g/mol. The number of benzene rings is 2. The van der Waals surface area contributed by atoms with Crippen LogP contribution in [0.4, 0.5) is 0 Å². The third-order valence-electron chi connectivity index (χ3n) is 5.21. The summed E-state index contributed by atoms with van der Waals surface area (Å²) in [7, 11) is 1.61. The Bertz CT molecular complexity index is 1090. The van der Waals surface area contributed by atoms with Crippen molar-refractivity contribution in [2.24, 2.45) is 5.92 Å². The van der Waals surface area contributed by atoms with Crippen molar-refractivity contribution in [1.29, 1.82) is 0 Å². The van der Waals surface area contributed by atoms with Gasteiger partial charge in [-0.25, -0.2) is 4.68 Å². The molecule has 0 aliphatic heterocycles. The van der Waals surface area contributed by atoms with Crippen LogP contribution in [0.1, 0.15) is 26.5 Å². The van der Waals surface area contributed by atoms with Gasteiger partial charge in [-0.1, -0.05) is 39.0 Å². The third kappa shape index (κ3) is 5.42. The van der Waals surface area contributed by atoms with E-state index in [4.69, 9.17) is 9.47 Å². The fourth-order valence-corrected chi connectivity index (χ4v) is 3.32. The summed E-state index contributed by atoms with van der Waals surface area (Å²) in [6.45, 7) is 6.18. The summed E-state index contributed by atoms with van der Waals surface area (Å²) in [6, 6.07) is 14.4. The highest BCUT2D eigenvalue weighted by atomic mass is 16.5. The normalized spacial score (nSPS) is 12.0. The number of nitrogens with one attached hydrogen (secondary N) is 1. The molecule has 1 unspecified atom stereocenters. The van der Waals surface area contributed by atoms with Crippen LogP contribution < -0.4 is 20.3 Å². The minimum atomic E-state index is -0.274. The van der Waals surface area contributed by atoms with Crippen molar-refractivity contribution in [1.82, 2.24) is 15.1 Å². The summed E-state index contributed by atoms with van der Waals surface area (Å²) >= 11 is 0. The van der Waals surface area contributed by atoms with E-state index in [1.54, 1.807) is 13.2 Å². The smallest absolute Gasteiger partial charge is 0.275 e. The van der Waals surface area contributed by atoms with Gasteiger partial charge in [-0.2, -0.15) is 5.10 Å². The van der Waals surface area contributed by atoms with E-state index in [1.165, 1.54) is 4.68 Å². The van der Waals surface area contributed by atoms with E-state index >= 15 is 0 Å². The highest BCUT2D eigenvalue weighted by molar-refractivity contribution is 5.84. The summed E-state index contributed by atoms with van der Waals surface area (Å²) in [5, 5.41) is 8.81. The van der Waals surface area contributed by atoms with Gasteiger partial charge in [0.25, 0.3) is 5.56 Å². The average molecular weight is 424 g/mol. The molecule has 0 spiro atoms. The maximum atomic E-state index is 12.8. The van der Waals surface area contributed by atoms with Gasteiger partial charge in [-0.3, -0.25) is 9.59 Å². The first-order valence-electron chi connectivity index (χ1n) is 10.5. The van der Waals surface area contributed by atoms with Gasteiger partial charge < -0.3 is 14.8 Å². The van der Waals surface area contributed by atoms with Crippen molar-refractivity contribution in [2.75, 3.05) is 13.7 Å². The molecule has 1 heterocycles. The first-order valence-corrected chi connectivity index (χ1v) is 10.5. The molecule has 1 atom stereocenters. The maximum absolute atomic E-state index is 12.8. The zero-order chi connectivity index (χ0) is 22.4. The van der Waals surface area contributed by atoms with E-state index in [-0.39, 0.29) is 30.0 Å². The van der Waals surface area contributed by atoms with Crippen LogP contribution in [0.3, 0.4) is 0 Å². The van der Waals surface area contributed by atoms with Crippen LogP contribution in [0.25, 0.3) is 10.8 Å². The van der Waals surface area contributed by atoms with Gasteiger partial charge in [0.15, 0.2) is 0 Å². The van der Waals surface area contributed by atoms with Crippen molar-refractivity contribution in [3.63, 3.8) is 0 Å². The predicted molar refractivity (Wildman–Crippen MR) is 121 cm³/mol. The topological polar surface area (TPSA) is 82.5 Å². The molecule has 0 saturated carbocycles. The number of nitrogens with zero attached hydrogens (tertiary/aromatic N) is 2. The lowest BCUT2D eigenvalue weighted by Crippen LogP contribution is -2.45. The average Bonchev–Trinajstić information content (AvgIpc) is 2.78. The van der Waals surface area contributed by atoms with Gasteiger partial charge in [0.1, 0.15) is 24.7 Å². The van der Waals surface area contributed by atoms with E-state index in [9.17, 15) is 9.59 Å². The highest BCUT2D eigenvalue weighted by Crippen LogP contribution is 2.18. The quantitative estimate of drug-likeness (QED) is 0.572. The van der Waals surface area contributed by atoms with Crippen molar-refractivity contribution in [2.45, 2.75) is 39.8 Å². The zero-order valence-corrected chi connectivity index (χ0v) is 18.4. The summed E-state index contributed by atoms with van der Waals surface area (Å²) in [5.74, 6) is 1.32. The highest BCUT2D eigenvalue weighted by Gasteiger charge is 2.19. The molecular formula is C24H29N3O4. The number of hydrogen-bond donors (Lipinski definition) is 1. The first kappa shape index (κ1) is 22.3. The summed E-state index contributed by atoms with van der Waals surface area (Å²) in [5.41, 5.74) is 0.532. The lowest BCUT2D eigenvalue weighted by molar-refractivity contribution is -0.123. The Kier molecular flexibility index (Phi) is 7.28. The Morgan fingerprint density at radius 3 is 2.32 bits per heavy atom. The Hall–Kier alpha value is -3.35. The molecule has 2 aromatic carbocycles. The second-order valence-electron chi connectivity index (χ2n) is 7.71. The van der Waals surface area contributed by atoms with Crippen LogP contribution in [0.5, 0.6) is 11.5 Å². The summed E-state index contributed by atoms with van der Waals surface area (Å²) < 4.78 is 12.2. The van der Waals surface area contributed by atoms with Gasteiger partial charge >= 0.3 is 0 Å². The molecule has 3 aromatic rings. The van der Waals surface area contributed by atoms with Gasteiger partial charge in [-0.15, -0.1) is 0 Å². The SMILES string of the molecule is CCc1nn(CC(=O)NC(COc2ccc(OC)cc2)C(C)C)c(=O)c2ccccc12. The summed E-state index contributed by atoms with van der Waals surface area (Å²) in [4.78, 5) is 25.5. The number of hydrogen-bond acceptors (Lipinski definition) is 5. The zero-order valence-electron chi connectivity index (χ0n) is 18.4. The maximum Gasteiger partial charge on any atom is 0.275 e. The van der Waals surface area contributed by atoms with Crippen LogP contribution in [0.15, 0.2) is 53.3 Å². The number of rotatable bonds is 9. The van der Waals surface area contributed by atoms with Gasteiger partial charge in [0.2, 0.25) is 5.91 Å². The van der Waals surface area contributed by atoms with Crippen molar-refractivity contribution < 1.29 is 14.3 Å². The molecular weight excluding hydrogens is 394 g/mol. The molecule has 1 aromatic heterocycles. The van der Waals surface area contributed by atoms with E-state index in [2.05, 4.69) is 10.4 Å². The molecule has 0 saturated heterocycles. The number of aryl methyl sites for hydroxylation is 1. The number of carbonyl (C=O) groups excluding carboxylic acids is 1. The number of fused-ring (bicyclic) bond motifs is 1. The van der Waals surface area contributed by atoms with E-state index < -0.39 is 0 Å². The second-order valence-corrected chi connectivity index (χ2v) is 7.71. The molecule has 31 heavy (non-hydrogen) atoms. The lowest BCUT2D eigenvalue weighted by Gasteiger charge is -2.23. The van der Waals surface area contributed by atoms with Crippen LogP contribution >= 0.6 is 0 Å². The molecule has 0 aliphatic rings. The van der Waals surface area contributed by atoms with Crippen LogP contribution in [0, 0.1) is 5.92 Å². The van der Waals surface area contributed by atoms with Crippen LogP contribution in [0.2, 0.25) is 0 Å². The molecule has 0 aliphatic carbocycles. The van der Waals surface area contributed by atoms with Crippen LogP contribution in [-0.2, 0) is 17.8 Å². The lowest BCUT2D eigenvalue weighted by atomic mass is 10.1. The van der Waals surface area contributed by atoms with Crippen molar-refractivity contribution in [3.05, 3.63) is 64.6 Å². The van der Waals surface area contributed by atoms with Gasteiger partial charge in [-0.05, 0) is 42.7 Å². The molecule has 1 N–H and O–H groups in total. The predicted octanol–water partition coefficient (Wildman–Crippen LogP) is 3.19. The van der Waals surface area contributed by atoms with E-state index in [0.717, 1.165) is 16.8 Å². The number of methoxy groups -OCH3 is 1. The fourth-order valence-electron chi connectivity index (χ4n) is 3.32. The van der Waals surface area contributed by atoms with E-state index in [1.807, 2.05) is 63.2 Å². The largest absolute Gasteiger partial charge is 0.497 e. The molecule has 7 nitrogen and oxygen atoms in total. The Morgan fingerprint density at radius 1 is 1.06 bits per heavy atom. The van der Waals surface area contributed by atoms with Crippen molar-refractivity contribution in [3.8, 4) is 11.5 Å². The standard InChI is InChI=1S/C24H29N3O4/c1-5-21-19-8-6-7-9-20(19)24(29)27(26-21)14-23(28)25-22(16(2)3)15-31-18-12-10-17(30-4)11-13-18/h6-13,16,22H,5,14-15H2,1-4H3,(H,25,28). The third-order valence-corrected chi connectivity index (χ3v) is 5.21. The molecule has 7 heteroatoms. The second kappa shape index (κ2) is 10.1. The number of amides is 1. The Labute approximate surface area is 182 Å². The molecule has 1 amide bonds. The molecule has 0 radical (unpaired) electrons. The number of ether oxygens (including phenoxy) is 2. The first-order chi connectivity index (χ1) is 14.9.